The van der Waals surface area contributed by atoms with E-state index in [2.05, 4.69) is 17.1 Å². The molecule has 2 aromatic rings. The first-order valence-electron chi connectivity index (χ1n) is 6.43. The van der Waals surface area contributed by atoms with Gasteiger partial charge in [0.05, 0.1) is 11.6 Å². The number of rotatable bonds is 0. The van der Waals surface area contributed by atoms with E-state index in [1.807, 2.05) is 24.3 Å². The quantitative estimate of drug-likeness (QED) is 0.762. The number of nitrogens with zero attached hydrogens (tertiary/aromatic N) is 1. The van der Waals surface area contributed by atoms with Crippen LogP contribution in [0.4, 0.5) is 0 Å². The highest BCUT2D eigenvalue weighted by Crippen LogP contribution is 2.22. The van der Waals surface area contributed by atoms with Crippen molar-refractivity contribution in [3.05, 3.63) is 29.4 Å². The van der Waals surface area contributed by atoms with Crippen molar-refractivity contribution in [2.75, 3.05) is 0 Å². The Morgan fingerprint density at radius 1 is 1.33 bits per heavy atom. The van der Waals surface area contributed by atoms with Gasteiger partial charge in [0.2, 0.25) is 0 Å². The lowest BCUT2D eigenvalue weighted by Gasteiger charge is -2.21. The molecule has 1 aliphatic carbocycles. The first-order chi connectivity index (χ1) is 8.66. The number of halogens is 1. The summed E-state index contributed by atoms with van der Waals surface area (Å²) in [6.07, 6.45) is 4.61. The lowest BCUT2D eigenvalue weighted by Crippen LogP contribution is -2.16. The van der Waals surface area contributed by atoms with Gasteiger partial charge in [-0.3, -0.25) is 5.10 Å². The molecule has 4 heteroatoms. The van der Waals surface area contributed by atoms with Gasteiger partial charge in [-0.15, -0.1) is 0 Å². The number of para-hydroxylation sites is 1. The van der Waals surface area contributed by atoms with E-state index < -0.39 is 0 Å². The summed E-state index contributed by atoms with van der Waals surface area (Å²) in [5, 5.41) is 17.3. The largest absolute Gasteiger partial charge is 0.393 e. The molecule has 0 saturated heterocycles. The molecule has 1 aromatic carbocycles. The zero-order valence-corrected chi connectivity index (χ0v) is 11.3. The van der Waals surface area contributed by atoms with Crippen molar-refractivity contribution in [1.82, 2.24) is 10.2 Å². The SMILES string of the molecule is CC1CCCC(O)C1.Clc1[nH]nc2ccccc12. The van der Waals surface area contributed by atoms with E-state index in [9.17, 15) is 0 Å². The summed E-state index contributed by atoms with van der Waals surface area (Å²) in [4.78, 5) is 0. The fourth-order valence-electron chi connectivity index (χ4n) is 2.33. The maximum Gasteiger partial charge on any atom is 0.132 e. The van der Waals surface area contributed by atoms with Crippen LogP contribution >= 0.6 is 11.6 Å². The molecule has 0 amide bonds. The van der Waals surface area contributed by atoms with Crippen LogP contribution in [-0.2, 0) is 0 Å². The van der Waals surface area contributed by atoms with E-state index in [1.54, 1.807) is 0 Å². The van der Waals surface area contributed by atoms with Crippen LogP contribution in [0.1, 0.15) is 32.6 Å². The summed E-state index contributed by atoms with van der Waals surface area (Å²) in [6.45, 7) is 2.21. The monoisotopic (exact) mass is 266 g/mol. The third-order valence-corrected chi connectivity index (χ3v) is 3.61. The standard InChI is InChI=1S/C7H5ClN2.C7H14O/c8-7-5-3-1-2-4-6(5)9-10-7;1-6-3-2-4-7(8)5-6/h1-4H,(H,9,10);6-8H,2-5H2,1H3. The van der Waals surface area contributed by atoms with Gasteiger partial charge in [0.1, 0.15) is 5.15 Å². The third kappa shape index (κ3) is 3.47. The number of hydrogen-bond acceptors (Lipinski definition) is 2. The van der Waals surface area contributed by atoms with Gasteiger partial charge in [-0.1, -0.05) is 43.5 Å². The van der Waals surface area contributed by atoms with Crippen molar-refractivity contribution in [2.45, 2.75) is 38.7 Å². The molecule has 0 radical (unpaired) electrons. The van der Waals surface area contributed by atoms with Crippen molar-refractivity contribution in [3.8, 4) is 0 Å². The molecule has 2 atom stereocenters. The van der Waals surface area contributed by atoms with Gasteiger partial charge >= 0.3 is 0 Å². The van der Waals surface area contributed by atoms with E-state index in [-0.39, 0.29) is 6.10 Å². The Balaban J connectivity index is 0.000000138. The van der Waals surface area contributed by atoms with Gasteiger partial charge in [-0.05, 0) is 30.9 Å². The lowest BCUT2D eigenvalue weighted by atomic mass is 9.89. The van der Waals surface area contributed by atoms with Crippen LogP contribution in [0.2, 0.25) is 5.15 Å². The number of aromatic nitrogens is 2. The molecule has 1 aliphatic rings. The molecule has 1 aromatic heterocycles. The highest BCUT2D eigenvalue weighted by atomic mass is 35.5. The molecule has 0 bridgehead atoms. The number of nitrogens with one attached hydrogen (secondary N) is 1. The summed E-state index contributed by atoms with van der Waals surface area (Å²) in [5.74, 6) is 0.763. The van der Waals surface area contributed by atoms with Crippen LogP contribution in [0.25, 0.3) is 10.9 Å². The van der Waals surface area contributed by atoms with Crippen molar-refractivity contribution in [3.63, 3.8) is 0 Å². The molecule has 2 unspecified atom stereocenters. The van der Waals surface area contributed by atoms with E-state index in [0.29, 0.717) is 5.15 Å². The molecule has 3 rings (SSSR count). The lowest BCUT2D eigenvalue weighted by molar-refractivity contribution is 0.106. The molecule has 3 nitrogen and oxygen atoms in total. The number of hydrogen-bond donors (Lipinski definition) is 2. The van der Waals surface area contributed by atoms with Crippen molar-refractivity contribution in [2.24, 2.45) is 5.92 Å². The van der Waals surface area contributed by atoms with Crippen molar-refractivity contribution >= 4 is 22.5 Å². The smallest absolute Gasteiger partial charge is 0.132 e. The van der Waals surface area contributed by atoms with Gasteiger partial charge in [-0.25, -0.2) is 0 Å². The predicted molar refractivity (Wildman–Crippen MR) is 74.7 cm³/mol. The van der Waals surface area contributed by atoms with Crippen LogP contribution < -0.4 is 0 Å². The van der Waals surface area contributed by atoms with Gasteiger partial charge in [0, 0.05) is 5.39 Å². The molecule has 18 heavy (non-hydrogen) atoms. The van der Waals surface area contributed by atoms with E-state index in [0.717, 1.165) is 29.7 Å². The Morgan fingerprint density at radius 2 is 2.11 bits per heavy atom. The number of aliphatic hydroxyl groups is 1. The van der Waals surface area contributed by atoms with E-state index in [4.69, 9.17) is 16.7 Å². The average Bonchev–Trinajstić information content (AvgIpc) is 2.72. The van der Waals surface area contributed by atoms with Gasteiger partial charge in [0.25, 0.3) is 0 Å². The topological polar surface area (TPSA) is 48.9 Å². The molecule has 1 saturated carbocycles. The van der Waals surface area contributed by atoms with Crippen LogP contribution in [0.15, 0.2) is 24.3 Å². The second-order valence-corrected chi connectivity index (χ2v) is 5.36. The summed E-state index contributed by atoms with van der Waals surface area (Å²) in [7, 11) is 0. The molecule has 98 valence electrons. The van der Waals surface area contributed by atoms with Gasteiger partial charge < -0.3 is 5.11 Å². The Kier molecular flexibility index (Phi) is 4.61. The first kappa shape index (κ1) is 13.4. The fourth-order valence-corrected chi connectivity index (χ4v) is 2.53. The number of aliphatic hydroxyl groups excluding tert-OH is 1. The second-order valence-electron chi connectivity index (χ2n) is 4.98. The summed E-state index contributed by atoms with van der Waals surface area (Å²) in [5.41, 5.74) is 0.910. The fraction of sp³-hybridized carbons (Fsp3) is 0.500. The molecular weight excluding hydrogens is 248 g/mol. The maximum absolute atomic E-state index is 9.08. The third-order valence-electron chi connectivity index (χ3n) is 3.32. The zero-order valence-electron chi connectivity index (χ0n) is 10.6. The minimum absolute atomic E-state index is 0.0127. The van der Waals surface area contributed by atoms with Crippen LogP contribution in [0, 0.1) is 5.92 Å². The average molecular weight is 267 g/mol. The Hall–Kier alpha value is -1.06. The molecule has 0 spiro atoms. The number of aromatic amines is 1. The number of benzene rings is 1. The van der Waals surface area contributed by atoms with Crippen LogP contribution in [0.3, 0.4) is 0 Å². The summed E-state index contributed by atoms with van der Waals surface area (Å²) in [6, 6.07) is 7.71. The molecule has 2 N–H and O–H groups in total. The minimum atomic E-state index is 0.0127. The first-order valence-corrected chi connectivity index (χ1v) is 6.81. The second kappa shape index (κ2) is 6.21. The van der Waals surface area contributed by atoms with Crippen molar-refractivity contribution in [1.29, 1.82) is 0 Å². The number of H-pyrrole nitrogens is 1. The Morgan fingerprint density at radius 3 is 2.72 bits per heavy atom. The zero-order chi connectivity index (χ0) is 13.0. The summed E-state index contributed by atoms with van der Waals surface area (Å²) < 4.78 is 0. The predicted octanol–water partition coefficient (Wildman–Crippen LogP) is 3.77. The Labute approximate surface area is 112 Å². The molecule has 1 heterocycles. The van der Waals surface area contributed by atoms with Crippen LogP contribution in [0.5, 0.6) is 0 Å². The highest BCUT2D eigenvalue weighted by molar-refractivity contribution is 6.34. The van der Waals surface area contributed by atoms with Crippen molar-refractivity contribution < 1.29 is 5.11 Å². The molecule has 1 fully saturated rings. The molecular formula is C14H19ClN2O. The van der Waals surface area contributed by atoms with Gasteiger partial charge in [0.15, 0.2) is 0 Å². The van der Waals surface area contributed by atoms with Gasteiger partial charge in [-0.2, -0.15) is 5.10 Å². The summed E-state index contributed by atoms with van der Waals surface area (Å²) >= 11 is 5.75. The minimum Gasteiger partial charge on any atom is -0.393 e. The maximum atomic E-state index is 9.08. The van der Waals surface area contributed by atoms with E-state index >= 15 is 0 Å². The van der Waals surface area contributed by atoms with Crippen LogP contribution in [-0.4, -0.2) is 21.4 Å². The normalized spacial score (nSPS) is 23.5. The molecule has 0 aliphatic heterocycles. The Bertz CT molecular complexity index is 489. The highest BCUT2D eigenvalue weighted by Gasteiger charge is 2.15. The van der Waals surface area contributed by atoms with E-state index in [1.165, 1.54) is 12.8 Å². The number of fused-ring (bicyclic) bond motifs is 1.